The maximum atomic E-state index is 12.0. The van der Waals surface area contributed by atoms with Crippen LogP contribution < -0.4 is 16.6 Å². The van der Waals surface area contributed by atoms with Crippen molar-refractivity contribution in [2.24, 2.45) is 5.84 Å². The molecule has 1 unspecified atom stereocenters. The monoisotopic (exact) mass is 254 g/mol. The van der Waals surface area contributed by atoms with Gasteiger partial charge in [0.05, 0.1) is 17.4 Å². The predicted molar refractivity (Wildman–Crippen MR) is 72.0 cm³/mol. The summed E-state index contributed by atoms with van der Waals surface area (Å²) in [4.78, 5) is 15.9. The molecule has 1 heterocycles. The Balaban J connectivity index is 2.63. The molecule has 1 amide bonds. The summed E-state index contributed by atoms with van der Waals surface area (Å²) in [5, 5.41) is 2.93. The van der Waals surface area contributed by atoms with Gasteiger partial charge in [-0.15, -0.1) is 0 Å². The average Bonchev–Trinajstić information content (AvgIpc) is 2.36. The van der Waals surface area contributed by atoms with Crippen LogP contribution in [0.25, 0.3) is 0 Å². The Morgan fingerprint density at radius 2 is 2.41 bits per heavy atom. The molecular weight excluding hydrogens is 236 g/mol. The summed E-state index contributed by atoms with van der Waals surface area (Å²) in [7, 11) is 0. The number of nitrogens with two attached hydrogens (primary N) is 1. The SMILES string of the molecule is CSCCC(C)NC(=O)c1ccncc1NN. The van der Waals surface area contributed by atoms with Gasteiger partial charge in [-0.05, 0) is 31.4 Å². The molecule has 0 fully saturated rings. The van der Waals surface area contributed by atoms with Crippen LogP contribution in [0.4, 0.5) is 5.69 Å². The molecule has 0 spiro atoms. The van der Waals surface area contributed by atoms with Crippen molar-refractivity contribution in [3.63, 3.8) is 0 Å². The molecule has 0 bridgehead atoms. The molecule has 1 aromatic heterocycles. The number of nitrogens with zero attached hydrogens (tertiary/aromatic N) is 1. The van der Waals surface area contributed by atoms with Crippen molar-refractivity contribution in [3.8, 4) is 0 Å². The molecule has 0 saturated heterocycles. The quantitative estimate of drug-likeness (QED) is 0.526. The van der Waals surface area contributed by atoms with Gasteiger partial charge >= 0.3 is 0 Å². The number of carbonyl (C=O) groups is 1. The average molecular weight is 254 g/mol. The Morgan fingerprint density at radius 1 is 1.65 bits per heavy atom. The van der Waals surface area contributed by atoms with E-state index in [0.29, 0.717) is 11.3 Å². The lowest BCUT2D eigenvalue weighted by Gasteiger charge is -2.14. The summed E-state index contributed by atoms with van der Waals surface area (Å²) >= 11 is 1.77. The molecular formula is C11H18N4OS. The Kier molecular flexibility index (Phi) is 5.79. The molecule has 1 aromatic rings. The number of rotatable bonds is 6. The first-order valence-corrected chi connectivity index (χ1v) is 6.78. The van der Waals surface area contributed by atoms with Crippen molar-refractivity contribution in [2.75, 3.05) is 17.4 Å². The topological polar surface area (TPSA) is 80.0 Å². The van der Waals surface area contributed by atoms with Gasteiger partial charge in [-0.1, -0.05) is 0 Å². The zero-order chi connectivity index (χ0) is 12.7. The number of hydrogen-bond acceptors (Lipinski definition) is 5. The summed E-state index contributed by atoms with van der Waals surface area (Å²) < 4.78 is 0. The van der Waals surface area contributed by atoms with Crippen molar-refractivity contribution < 1.29 is 4.79 Å². The fraction of sp³-hybridized carbons (Fsp3) is 0.455. The molecule has 0 saturated carbocycles. The Hall–Kier alpha value is -1.27. The largest absolute Gasteiger partial charge is 0.349 e. The summed E-state index contributed by atoms with van der Waals surface area (Å²) in [5.41, 5.74) is 3.51. The maximum absolute atomic E-state index is 12.0. The second-order valence-corrected chi connectivity index (χ2v) is 4.71. The number of pyridine rings is 1. The number of carbonyl (C=O) groups excluding carboxylic acids is 1. The smallest absolute Gasteiger partial charge is 0.253 e. The lowest BCUT2D eigenvalue weighted by Crippen LogP contribution is -2.33. The number of nitrogen functional groups attached to an aromatic ring is 1. The second-order valence-electron chi connectivity index (χ2n) is 3.72. The Labute approximate surface area is 106 Å². The number of nitrogens with one attached hydrogen (secondary N) is 2. The molecule has 17 heavy (non-hydrogen) atoms. The van der Waals surface area contributed by atoms with E-state index in [9.17, 15) is 4.79 Å². The van der Waals surface area contributed by atoms with Gasteiger partial charge in [0.15, 0.2) is 0 Å². The highest BCUT2D eigenvalue weighted by atomic mass is 32.2. The molecule has 0 radical (unpaired) electrons. The minimum absolute atomic E-state index is 0.131. The normalized spacial score (nSPS) is 11.9. The van der Waals surface area contributed by atoms with E-state index in [2.05, 4.69) is 15.7 Å². The van der Waals surface area contributed by atoms with Crippen LogP contribution in [0.15, 0.2) is 18.5 Å². The predicted octanol–water partition coefficient (Wildman–Crippen LogP) is 1.24. The van der Waals surface area contributed by atoms with Gasteiger partial charge < -0.3 is 10.7 Å². The summed E-state index contributed by atoms with van der Waals surface area (Å²) in [6.07, 6.45) is 6.10. The minimum atomic E-state index is -0.131. The van der Waals surface area contributed by atoms with Crippen molar-refractivity contribution in [3.05, 3.63) is 24.0 Å². The molecule has 5 nitrogen and oxygen atoms in total. The van der Waals surface area contributed by atoms with Crippen LogP contribution in [0, 0.1) is 0 Å². The van der Waals surface area contributed by atoms with Gasteiger partial charge in [0.1, 0.15) is 0 Å². The van der Waals surface area contributed by atoms with Crippen LogP contribution in [0.3, 0.4) is 0 Å². The Morgan fingerprint density at radius 3 is 3.06 bits per heavy atom. The molecule has 1 rings (SSSR count). The highest BCUT2D eigenvalue weighted by Crippen LogP contribution is 2.12. The van der Waals surface area contributed by atoms with Crippen LogP contribution >= 0.6 is 11.8 Å². The zero-order valence-electron chi connectivity index (χ0n) is 10.1. The van der Waals surface area contributed by atoms with Gasteiger partial charge in [0, 0.05) is 12.2 Å². The van der Waals surface area contributed by atoms with E-state index in [1.807, 2.05) is 13.2 Å². The summed E-state index contributed by atoms with van der Waals surface area (Å²) in [6, 6.07) is 1.79. The zero-order valence-corrected chi connectivity index (χ0v) is 10.9. The van der Waals surface area contributed by atoms with E-state index in [-0.39, 0.29) is 11.9 Å². The summed E-state index contributed by atoms with van der Waals surface area (Å²) in [5.74, 6) is 6.22. The molecule has 0 aliphatic heterocycles. The van der Waals surface area contributed by atoms with Gasteiger partial charge in [0.25, 0.3) is 5.91 Å². The summed E-state index contributed by atoms with van der Waals surface area (Å²) in [6.45, 7) is 1.99. The molecule has 1 atom stereocenters. The van der Waals surface area contributed by atoms with Crippen molar-refractivity contribution in [2.45, 2.75) is 19.4 Å². The van der Waals surface area contributed by atoms with E-state index < -0.39 is 0 Å². The van der Waals surface area contributed by atoms with Crippen LogP contribution in [0.1, 0.15) is 23.7 Å². The highest BCUT2D eigenvalue weighted by Gasteiger charge is 2.12. The van der Waals surface area contributed by atoms with E-state index in [1.54, 1.807) is 24.0 Å². The minimum Gasteiger partial charge on any atom is -0.349 e. The van der Waals surface area contributed by atoms with Crippen molar-refractivity contribution in [1.29, 1.82) is 0 Å². The third kappa shape index (κ3) is 4.24. The fourth-order valence-electron chi connectivity index (χ4n) is 1.38. The van der Waals surface area contributed by atoms with E-state index in [1.165, 1.54) is 6.20 Å². The first kappa shape index (κ1) is 13.8. The van der Waals surface area contributed by atoms with Gasteiger partial charge in [-0.3, -0.25) is 15.6 Å². The van der Waals surface area contributed by atoms with Gasteiger partial charge in [-0.2, -0.15) is 11.8 Å². The van der Waals surface area contributed by atoms with Crippen molar-refractivity contribution in [1.82, 2.24) is 10.3 Å². The maximum Gasteiger partial charge on any atom is 0.253 e. The van der Waals surface area contributed by atoms with Crippen molar-refractivity contribution >= 4 is 23.4 Å². The highest BCUT2D eigenvalue weighted by molar-refractivity contribution is 7.98. The number of thioether (sulfide) groups is 1. The van der Waals surface area contributed by atoms with Gasteiger partial charge in [-0.25, -0.2) is 0 Å². The van der Waals surface area contributed by atoms with Crippen LogP contribution in [0.2, 0.25) is 0 Å². The number of hydrazine groups is 1. The fourth-order valence-corrected chi connectivity index (χ4v) is 1.97. The number of amides is 1. The second kappa shape index (κ2) is 7.13. The number of anilines is 1. The standard InChI is InChI=1S/C11H18N4OS/c1-8(4-6-17-2)14-11(16)9-3-5-13-7-10(9)15-12/h3,5,7-8,15H,4,6,12H2,1-2H3,(H,14,16). The lowest BCUT2D eigenvalue weighted by molar-refractivity contribution is 0.0940. The van der Waals surface area contributed by atoms with E-state index in [0.717, 1.165) is 12.2 Å². The number of hydrogen-bond donors (Lipinski definition) is 3. The van der Waals surface area contributed by atoms with E-state index >= 15 is 0 Å². The molecule has 0 aliphatic carbocycles. The third-order valence-electron chi connectivity index (χ3n) is 2.35. The first-order chi connectivity index (χ1) is 8.19. The van der Waals surface area contributed by atoms with Crippen LogP contribution in [0.5, 0.6) is 0 Å². The molecule has 94 valence electrons. The lowest BCUT2D eigenvalue weighted by atomic mass is 10.2. The van der Waals surface area contributed by atoms with Crippen LogP contribution in [-0.4, -0.2) is 28.9 Å². The van der Waals surface area contributed by atoms with Gasteiger partial charge in [0.2, 0.25) is 0 Å². The molecule has 6 heteroatoms. The first-order valence-electron chi connectivity index (χ1n) is 5.39. The molecule has 0 aromatic carbocycles. The number of aromatic nitrogens is 1. The third-order valence-corrected chi connectivity index (χ3v) is 3.00. The van der Waals surface area contributed by atoms with Crippen LogP contribution in [-0.2, 0) is 0 Å². The molecule has 0 aliphatic rings. The molecule has 4 N–H and O–H groups in total. The van der Waals surface area contributed by atoms with E-state index in [4.69, 9.17) is 5.84 Å². The Bertz CT molecular complexity index is 372.